The van der Waals surface area contributed by atoms with E-state index in [1.165, 1.54) is 0 Å². The number of nitrogens with zero attached hydrogens (tertiary/aromatic N) is 2. The minimum atomic E-state index is 0.573. The summed E-state index contributed by atoms with van der Waals surface area (Å²) in [5.41, 5.74) is 7.41. The lowest BCUT2D eigenvalue weighted by atomic mass is 10.0. The van der Waals surface area contributed by atoms with Crippen LogP contribution in [0.3, 0.4) is 0 Å². The van der Waals surface area contributed by atoms with Crippen LogP contribution in [0.15, 0.2) is 28.4 Å². The van der Waals surface area contributed by atoms with Gasteiger partial charge in [-0.2, -0.15) is 5.10 Å². The lowest BCUT2D eigenvalue weighted by Gasteiger charge is -2.11. The summed E-state index contributed by atoms with van der Waals surface area (Å²) in [4.78, 5) is 0. The fraction of sp³-hybridized carbons (Fsp3) is 0.273. The van der Waals surface area contributed by atoms with Crippen molar-refractivity contribution in [2.75, 3.05) is 7.11 Å². The molecule has 0 aliphatic carbocycles. The zero-order chi connectivity index (χ0) is 11.5. The maximum absolute atomic E-state index is 6.04. The van der Waals surface area contributed by atoms with Gasteiger partial charge in [-0.1, -0.05) is 11.6 Å². The number of rotatable bonds is 2. The predicted octanol–water partition coefficient (Wildman–Crippen LogP) is 2.20. The van der Waals surface area contributed by atoms with Gasteiger partial charge in [0, 0.05) is 6.42 Å². The van der Waals surface area contributed by atoms with Crippen LogP contribution in [0.5, 0.6) is 5.75 Å². The van der Waals surface area contributed by atoms with Crippen LogP contribution in [-0.2, 0) is 0 Å². The molecule has 16 heavy (non-hydrogen) atoms. The normalized spacial score (nSPS) is 15.4. The fourth-order valence-electron chi connectivity index (χ4n) is 1.52. The molecule has 84 valence electrons. The molecule has 0 bridgehead atoms. The highest BCUT2D eigenvalue weighted by atomic mass is 35.5. The molecule has 1 aromatic rings. The second-order valence-corrected chi connectivity index (χ2v) is 3.89. The van der Waals surface area contributed by atoms with Crippen molar-refractivity contribution in [3.8, 4) is 5.75 Å². The Bertz CT molecular complexity index is 468. The molecule has 0 spiro atoms. The van der Waals surface area contributed by atoms with Crippen LogP contribution in [0.2, 0.25) is 5.02 Å². The topological polar surface area (TPSA) is 60.0 Å². The molecule has 1 aliphatic rings. The molecular weight excluding hydrogens is 226 g/mol. The summed E-state index contributed by atoms with van der Waals surface area (Å²) in [6, 6.07) is 5.57. The Morgan fingerprint density at radius 1 is 1.31 bits per heavy atom. The molecule has 0 atom stereocenters. The van der Waals surface area contributed by atoms with E-state index in [9.17, 15) is 0 Å². The Morgan fingerprint density at radius 2 is 2.12 bits per heavy atom. The molecule has 0 radical (unpaired) electrons. The quantitative estimate of drug-likeness (QED) is 0.857. The van der Waals surface area contributed by atoms with E-state index < -0.39 is 0 Å². The molecule has 1 heterocycles. The molecule has 1 aromatic carbocycles. The van der Waals surface area contributed by atoms with Crippen molar-refractivity contribution in [1.82, 2.24) is 0 Å². The molecular formula is C11H12ClN3O. The van der Waals surface area contributed by atoms with Crippen molar-refractivity contribution < 1.29 is 4.74 Å². The zero-order valence-corrected chi connectivity index (χ0v) is 9.66. The van der Waals surface area contributed by atoms with E-state index in [4.69, 9.17) is 22.1 Å². The average molecular weight is 238 g/mol. The highest BCUT2D eigenvalue weighted by Gasteiger charge is 2.11. The van der Waals surface area contributed by atoms with Crippen molar-refractivity contribution in [1.29, 1.82) is 0 Å². The van der Waals surface area contributed by atoms with E-state index in [0.717, 1.165) is 24.1 Å². The highest BCUT2D eigenvalue weighted by molar-refractivity contribution is 6.32. The standard InChI is InChI=1S/C11H12ClN3O/c1-16-10-4-2-7(6-8(10)12)9-3-5-11(13)15-14-9/h2,4,6H,3,5H2,1H3,(H2,13,15). The van der Waals surface area contributed by atoms with Gasteiger partial charge in [0.1, 0.15) is 11.6 Å². The number of hydrogen-bond donors (Lipinski definition) is 1. The predicted molar refractivity (Wildman–Crippen MR) is 65.4 cm³/mol. The van der Waals surface area contributed by atoms with E-state index in [1.807, 2.05) is 18.2 Å². The van der Waals surface area contributed by atoms with Crippen LogP contribution < -0.4 is 10.5 Å². The fourth-order valence-corrected chi connectivity index (χ4v) is 1.78. The summed E-state index contributed by atoms with van der Waals surface area (Å²) in [7, 11) is 1.59. The van der Waals surface area contributed by atoms with Gasteiger partial charge in [0.25, 0.3) is 0 Å². The summed E-state index contributed by atoms with van der Waals surface area (Å²) < 4.78 is 5.08. The van der Waals surface area contributed by atoms with Gasteiger partial charge in [-0.25, -0.2) is 0 Å². The van der Waals surface area contributed by atoms with Gasteiger partial charge in [-0.15, -0.1) is 5.10 Å². The lowest BCUT2D eigenvalue weighted by molar-refractivity contribution is 0.415. The van der Waals surface area contributed by atoms with E-state index in [2.05, 4.69) is 10.2 Å². The SMILES string of the molecule is COc1ccc(C2=NN=C(N)CC2)cc1Cl. The average Bonchev–Trinajstić information content (AvgIpc) is 2.30. The summed E-state index contributed by atoms with van der Waals surface area (Å²) in [6.07, 6.45) is 1.53. The van der Waals surface area contributed by atoms with Crippen molar-refractivity contribution in [3.63, 3.8) is 0 Å². The molecule has 2 rings (SSSR count). The van der Waals surface area contributed by atoms with Gasteiger partial charge in [0.2, 0.25) is 0 Å². The molecule has 5 heteroatoms. The van der Waals surface area contributed by atoms with E-state index >= 15 is 0 Å². The van der Waals surface area contributed by atoms with Crippen LogP contribution in [-0.4, -0.2) is 18.7 Å². The van der Waals surface area contributed by atoms with Gasteiger partial charge in [-0.05, 0) is 30.2 Å². The third-order valence-electron chi connectivity index (χ3n) is 2.40. The zero-order valence-electron chi connectivity index (χ0n) is 8.90. The summed E-state index contributed by atoms with van der Waals surface area (Å²) >= 11 is 6.04. The third-order valence-corrected chi connectivity index (χ3v) is 2.70. The monoisotopic (exact) mass is 237 g/mol. The summed E-state index contributed by atoms with van der Waals surface area (Å²) in [6.45, 7) is 0. The second-order valence-electron chi connectivity index (χ2n) is 3.49. The number of ether oxygens (including phenoxy) is 1. The van der Waals surface area contributed by atoms with E-state index in [0.29, 0.717) is 16.6 Å². The number of methoxy groups -OCH3 is 1. The number of hydrogen-bond acceptors (Lipinski definition) is 4. The highest BCUT2D eigenvalue weighted by Crippen LogP contribution is 2.26. The van der Waals surface area contributed by atoms with Crippen LogP contribution in [0.25, 0.3) is 0 Å². The second kappa shape index (κ2) is 4.53. The summed E-state index contributed by atoms with van der Waals surface area (Å²) in [5, 5.41) is 8.50. The molecule has 0 unspecified atom stereocenters. The Kier molecular flexibility index (Phi) is 3.10. The molecule has 0 amide bonds. The van der Waals surface area contributed by atoms with Crippen LogP contribution in [0, 0.1) is 0 Å². The molecule has 0 saturated heterocycles. The smallest absolute Gasteiger partial charge is 0.137 e. The maximum Gasteiger partial charge on any atom is 0.137 e. The third kappa shape index (κ3) is 2.17. The lowest BCUT2D eigenvalue weighted by Crippen LogP contribution is -2.17. The van der Waals surface area contributed by atoms with Gasteiger partial charge in [0.15, 0.2) is 0 Å². The number of benzene rings is 1. The molecule has 0 aromatic heterocycles. The largest absolute Gasteiger partial charge is 0.495 e. The number of nitrogens with two attached hydrogens (primary N) is 1. The van der Waals surface area contributed by atoms with Gasteiger partial charge < -0.3 is 10.5 Å². The van der Waals surface area contributed by atoms with Gasteiger partial charge in [-0.3, -0.25) is 0 Å². The molecule has 2 N–H and O–H groups in total. The number of halogens is 1. The first-order valence-corrected chi connectivity index (χ1v) is 5.31. The van der Waals surface area contributed by atoms with Crippen molar-refractivity contribution in [3.05, 3.63) is 28.8 Å². The van der Waals surface area contributed by atoms with Crippen LogP contribution >= 0.6 is 11.6 Å². The van der Waals surface area contributed by atoms with Crippen molar-refractivity contribution in [2.24, 2.45) is 15.9 Å². The van der Waals surface area contributed by atoms with Gasteiger partial charge in [0.05, 0.1) is 17.8 Å². The molecule has 4 nitrogen and oxygen atoms in total. The van der Waals surface area contributed by atoms with Crippen LogP contribution in [0.4, 0.5) is 0 Å². The molecule has 0 saturated carbocycles. The first-order chi connectivity index (χ1) is 7.70. The molecule has 0 fully saturated rings. The Hall–Kier alpha value is -1.55. The van der Waals surface area contributed by atoms with Crippen molar-refractivity contribution in [2.45, 2.75) is 12.8 Å². The molecule has 1 aliphatic heterocycles. The Balaban J connectivity index is 2.32. The first kappa shape index (κ1) is 11.0. The van der Waals surface area contributed by atoms with E-state index in [1.54, 1.807) is 7.11 Å². The summed E-state index contributed by atoms with van der Waals surface area (Å²) in [5.74, 6) is 1.23. The first-order valence-electron chi connectivity index (χ1n) is 4.93. The Labute approximate surface area is 98.8 Å². The Morgan fingerprint density at radius 3 is 2.69 bits per heavy atom. The van der Waals surface area contributed by atoms with E-state index in [-0.39, 0.29) is 0 Å². The van der Waals surface area contributed by atoms with Crippen LogP contribution in [0.1, 0.15) is 18.4 Å². The van der Waals surface area contributed by atoms with Crippen molar-refractivity contribution >= 4 is 23.1 Å². The van der Waals surface area contributed by atoms with Gasteiger partial charge >= 0.3 is 0 Å². The minimum absolute atomic E-state index is 0.573. The number of amidine groups is 1. The minimum Gasteiger partial charge on any atom is -0.495 e. The maximum atomic E-state index is 6.04.